The molecule has 0 saturated heterocycles. The predicted octanol–water partition coefficient (Wildman–Crippen LogP) is 6.60. The first-order valence-electron chi connectivity index (χ1n) is 8.32. The van der Waals surface area contributed by atoms with Gasteiger partial charge in [0.15, 0.2) is 0 Å². The predicted molar refractivity (Wildman–Crippen MR) is 88.5 cm³/mol. The van der Waals surface area contributed by atoms with Gasteiger partial charge in [-0.1, -0.05) is 96.8 Å². The van der Waals surface area contributed by atoms with E-state index >= 15 is 0 Å². The zero-order valence-corrected chi connectivity index (χ0v) is 13.4. The zero-order chi connectivity index (χ0) is 13.3. The number of hydrogen-bond donors (Lipinski definition) is 1. The maximum atomic E-state index is 4.24. The topological polar surface area (TPSA) is 0 Å². The first-order chi connectivity index (χ1) is 8.91. The van der Waals surface area contributed by atoms with Crippen LogP contribution < -0.4 is 0 Å². The van der Waals surface area contributed by atoms with Gasteiger partial charge >= 0.3 is 0 Å². The van der Waals surface area contributed by atoms with Crippen LogP contribution in [-0.4, -0.2) is 5.75 Å². The van der Waals surface area contributed by atoms with Crippen molar-refractivity contribution in [1.29, 1.82) is 0 Å². The summed E-state index contributed by atoms with van der Waals surface area (Å²) in [6, 6.07) is 0. The Bertz CT molecular complexity index is 118. The van der Waals surface area contributed by atoms with Crippen LogP contribution in [0.15, 0.2) is 0 Å². The molecule has 0 saturated carbocycles. The largest absolute Gasteiger partial charge is 0.179 e. The lowest BCUT2D eigenvalue weighted by Crippen LogP contribution is -1.83. The Morgan fingerprint density at radius 2 is 0.722 bits per heavy atom. The highest BCUT2D eigenvalue weighted by Gasteiger charge is 1.93. The Labute approximate surface area is 122 Å². The fourth-order valence-electron chi connectivity index (χ4n) is 2.41. The Kier molecular flexibility index (Phi) is 17.7. The van der Waals surface area contributed by atoms with Crippen LogP contribution in [0, 0.1) is 6.92 Å². The van der Waals surface area contributed by atoms with Gasteiger partial charge in [-0.3, -0.25) is 0 Å². The molecule has 0 aromatic rings. The lowest BCUT2D eigenvalue weighted by Gasteiger charge is -2.02. The fourth-order valence-corrected chi connectivity index (χ4v) is 2.63. The summed E-state index contributed by atoms with van der Waals surface area (Å²) in [6.07, 6.45) is 21.0. The van der Waals surface area contributed by atoms with Gasteiger partial charge in [-0.25, -0.2) is 0 Å². The molecule has 0 rings (SSSR count). The van der Waals surface area contributed by atoms with E-state index in [1.54, 1.807) is 0 Å². The highest BCUT2D eigenvalue weighted by Crippen LogP contribution is 2.13. The lowest BCUT2D eigenvalue weighted by atomic mass is 10.0. The van der Waals surface area contributed by atoms with E-state index < -0.39 is 0 Å². The van der Waals surface area contributed by atoms with Crippen LogP contribution in [-0.2, 0) is 0 Å². The summed E-state index contributed by atoms with van der Waals surface area (Å²) in [4.78, 5) is 0. The van der Waals surface area contributed by atoms with Crippen molar-refractivity contribution in [3.8, 4) is 0 Å². The number of rotatable bonds is 15. The normalized spacial score (nSPS) is 11.0. The monoisotopic (exact) mass is 271 g/mol. The van der Waals surface area contributed by atoms with E-state index in [0.29, 0.717) is 0 Å². The molecule has 0 unspecified atom stereocenters. The third kappa shape index (κ3) is 16.4. The van der Waals surface area contributed by atoms with Crippen molar-refractivity contribution in [1.82, 2.24) is 0 Å². The summed E-state index contributed by atoms with van der Waals surface area (Å²) in [7, 11) is 0. The molecule has 109 valence electrons. The van der Waals surface area contributed by atoms with Crippen LogP contribution >= 0.6 is 12.6 Å². The quantitative estimate of drug-likeness (QED) is 0.252. The first kappa shape index (κ1) is 18.4. The molecule has 0 heterocycles. The third-order valence-electron chi connectivity index (χ3n) is 3.66. The van der Waals surface area contributed by atoms with E-state index in [0.717, 1.165) is 12.2 Å². The van der Waals surface area contributed by atoms with E-state index in [-0.39, 0.29) is 0 Å². The van der Waals surface area contributed by atoms with Crippen LogP contribution in [0.25, 0.3) is 0 Å². The van der Waals surface area contributed by atoms with Gasteiger partial charge in [0.2, 0.25) is 0 Å². The molecule has 0 aromatic heterocycles. The SMILES string of the molecule is [CH2]CCCCCCCCCCCCCCCCS. The zero-order valence-electron chi connectivity index (χ0n) is 12.5. The summed E-state index contributed by atoms with van der Waals surface area (Å²) < 4.78 is 0. The Hall–Kier alpha value is 0.350. The molecule has 0 spiro atoms. The molecule has 0 aliphatic heterocycles. The van der Waals surface area contributed by atoms with E-state index in [1.165, 1.54) is 89.9 Å². The second kappa shape index (κ2) is 17.4. The average Bonchev–Trinajstić information content (AvgIpc) is 2.39. The van der Waals surface area contributed by atoms with Crippen LogP contribution in [0.3, 0.4) is 0 Å². The molecular formula is C17H35S. The van der Waals surface area contributed by atoms with Gasteiger partial charge in [0, 0.05) is 0 Å². The standard InChI is InChI=1S/C17H35S/c1-2-3-4-5-6-7-8-9-10-11-12-13-14-15-16-17-18/h18H,1-17H2. The Morgan fingerprint density at radius 1 is 0.444 bits per heavy atom. The summed E-state index contributed by atoms with van der Waals surface area (Å²) in [5.74, 6) is 1.06. The number of unbranched alkanes of at least 4 members (excludes halogenated alkanes) is 14. The molecule has 0 N–H and O–H groups in total. The average molecular weight is 272 g/mol. The molecular weight excluding hydrogens is 236 g/mol. The minimum absolute atomic E-state index is 1.06. The molecule has 0 nitrogen and oxygen atoms in total. The molecule has 0 aromatic carbocycles. The van der Waals surface area contributed by atoms with Crippen molar-refractivity contribution >= 4 is 12.6 Å². The molecule has 18 heavy (non-hydrogen) atoms. The van der Waals surface area contributed by atoms with Gasteiger partial charge in [-0.2, -0.15) is 12.6 Å². The van der Waals surface area contributed by atoms with Crippen LogP contribution in [0.1, 0.15) is 96.3 Å². The van der Waals surface area contributed by atoms with Gasteiger partial charge in [-0.05, 0) is 12.2 Å². The van der Waals surface area contributed by atoms with Crippen LogP contribution in [0.5, 0.6) is 0 Å². The van der Waals surface area contributed by atoms with Crippen molar-refractivity contribution in [2.24, 2.45) is 0 Å². The van der Waals surface area contributed by atoms with Gasteiger partial charge in [0.05, 0.1) is 0 Å². The second-order valence-corrected chi connectivity index (χ2v) is 5.97. The molecule has 0 atom stereocenters. The maximum Gasteiger partial charge on any atom is -0.00979 e. The molecule has 1 heteroatoms. The summed E-state index contributed by atoms with van der Waals surface area (Å²) in [5.41, 5.74) is 0. The Balaban J connectivity index is 2.86. The van der Waals surface area contributed by atoms with Crippen molar-refractivity contribution in [3.05, 3.63) is 6.92 Å². The van der Waals surface area contributed by atoms with E-state index in [2.05, 4.69) is 19.6 Å². The molecule has 0 amide bonds. The summed E-state index contributed by atoms with van der Waals surface area (Å²) in [6.45, 7) is 3.88. The highest BCUT2D eigenvalue weighted by molar-refractivity contribution is 7.80. The minimum Gasteiger partial charge on any atom is -0.179 e. The van der Waals surface area contributed by atoms with Gasteiger partial charge < -0.3 is 0 Å². The lowest BCUT2D eigenvalue weighted by molar-refractivity contribution is 0.536. The van der Waals surface area contributed by atoms with E-state index in [9.17, 15) is 0 Å². The molecule has 0 aliphatic rings. The highest BCUT2D eigenvalue weighted by atomic mass is 32.1. The van der Waals surface area contributed by atoms with Crippen molar-refractivity contribution in [2.45, 2.75) is 96.3 Å². The van der Waals surface area contributed by atoms with E-state index in [4.69, 9.17) is 0 Å². The van der Waals surface area contributed by atoms with Gasteiger partial charge in [0.25, 0.3) is 0 Å². The third-order valence-corrected chi connectivity index (χ3v) is 3.97. The number of thiol groups is 1. The smallest absolute Gasteiger partial charge is 0.00979 e. The molecule has 1 radical (unpaired) electrons. The summed E-state index contributed by atoms with van der Waals surface area (Å²) in [5, 5.41) is 0. The second-order valence-electron chi connectivity index (χ2n) is 5.53. The fraction of sp³-hybridized carbons (Fsp3) is 0.941. The van der Waals surface area contributed by atoms with Crippen LogP contribution in [0.2, 0.25) is 0 Å². The van der Waals surface area contributed by atoms with E-state index in [1.807, 2.05) is 0 Å². The first-order valence-corrected chi connectivity index (χ1v) is 8.95. The summed E-state index contributed by atoms with van der Waals surface area (Å²) >= 11 is 4.24. The van der Waals surface area contributed by atoms with Crippen molar-refractivity contribution in [3.63, 3.8) is 0 Å². The van der Waals surface area contributed by atoms with Crippen LogP contribution in [0.4, 0.5) is 0 Å². The number of hydrogen-bond acceptors (Lipinski definition) is 1. The Morgan fingerprint density at radius 3 is 1.00 bits per heavy atom. The molecule has 0 aliphatic carbocycles. The van der Waals surface area contributed by atoms with Gasteiger partial charge in [0.1, 0.15) is 0 Å². The maximum absolute atomic E-state index is 4.24. The minimum atomic E-state index is 1.06. The van der Waals surface area contributed by atoms with Crippen molar-refractivity contribution in [2.75, 3.05) is 5.75 Å². The van der Waals surface area contributed by atoms with Gasteiger partial charge in [-0.15, -0.1) is 0 Å². The van der Waals surface area contributed by atoms with Crippen molar-refractivity contribution < 1.29 is 0 Å². The molecule has 0 fully saturated rings. The molecule has 0 bridgehead atoms.